The van der Waals surface area contributed by atoms with Crippen LogP contribution in [-0.2, 0) is 20.8 Å². The van der Waals surface area contributed by atoms with E-state index >= 15 is 0 Å². The first-order chi connectivity index (χ1) is 17.1. The lowest BCUT2D eigenvalue weighted by atomic mass is 9.63. The van der Waals surface area contributed by atoms with Crippen molar-refractivity contribution in [3.8, 4) is 5.75 Å². The van der Waals surface area contributed by atoms with Gasteiger partial charge in [-0.2, -0.15) is 0 Å². The van der Waals surface area contributed by atoms with Gasteiger partial charge in [0.05, 0.1) is 11.8 Å². The quantitative estimate of drug-likeness (QED) is 0.248. The number of para-hydroxylation sites is 1. The Morgan fingerprint density at radius 3 is 2.31 bits per heavy atom. The van der Waals surface area contributed by atoms with Gasteiger partial charge in [-0.25, -0.2) is 4.79 Å². The van der Waals surface area contributed by atoms with Gasteiger partial charge in [-0.1, -0.05) is 60.7 Å². The summed E-state index contributed by atoms with van der Waals surface area (Å²) in [5.41, 5.74) is 1.43. The van der Waals surface area contributed by atoms with Gasteiger partial charge < -0.3 is 4.74 Å². The molecule has 2 amide bonds. The number of esters is 1. The fourth-order valence-corrected chi connectivity index (χ4v) is 6.74. The fourth-order valence-electron chi connectivity index (χ4n) is 6.74. The highest BCUT2D eigenvalue weighted by atomic mass is 16.5. The van der Waals surface area contributed by atoms with Crippen LogP contribution < -0.4 is 4.74 Å². The number of benzene rings is 2. The van der Waals surface area contributed by atoms with E-state index in [4.69, 9.17) is 4.74 Å². The molecule has 1 saturated heterocycles. The Hall–Kier alpha value is -3.80. The number of hydrogen-bond acceptors (Lipinski definition) is 5. The summed E-state index contributed by atoms with van der Waals surface area (Å²) in [6, 6.07) is 17.6. The molecule has 8 rings (SSSR count). The molecule has 0 spiro atoms. The van der Waals surface area contributed by atoms with E-state index in [0.29, 0.717) is 23.1 Å². The number of hydrogen-bond donors (Lipinski definition) is 0. The standard InChI is InChI=1S/C29H24N2O4/c32-27-24-18-11-12-19(21-15-20(18)21)25(24)28(33)31(27)22(14-16-6-2-1-3-7-16)29(34)35-23-10-4-8-17-9-5-13-30-26(17)23/h1-13,18-22,24-25H,14-15H2/t18-,19-,20-,21+,22+,24+,25-/m1/s1. The summed E-state index contributed by atoms with van der Waals surface area (Å²) in [5, 5.41) is 0.846. The normalized spacial score (nSPS) is 30.8. The van der Waals surface area contributed by atoms with Crippen molar-refractivity contribution >= 4 is 28.7 Å². The molecule has 1 aliphatic heterocycles. The predicted molar refractivity (Wildman–Crippen MR) is 128 cm³/mol. The van der Waals surface area contributed by atoms with Gasteiger partial charge in [0.15, 0.2) is 5.75 Å². The molecule has 2 heterocycles. The summed E-state index contributed by atoms with van der Waals surface area (Å²) in [7, 11) is 0. The van der Waals surface area contributed by atoms with Gasteiger partial charge in [0.1, 0.15) is 11.6 Å². The first kappa shape index (κ1) is 20.6. The number of allylic oxidation sites excluding steroid dienone is 2. The molecule has 0 N–H and O–H groups in total. The number of imide groups is 1. The maximum Gasteiger partial charge on any atom is 0.335 e. The third-order valence-corrected chi connectivity index (χ3v) is 8.36. The minimum Gasteiger partial charge on any atom is -0.423 e. The number of rotatable bonds is 5. The molecule has 2 bridgehead atoms. The van der Waals surface area contributed by atoms with Gasteiger partial charge >= 0.3 is 5.97 Å². The molecule has 2 aromatic carbocycles. The third-order valence-electron chi connectivity index (χ3n) is 8.36. The van der Waals surface area contributed by atoms with Crippen LogP contribution in [0.25, 0.3) is 10.9 Å². The number of carbonyl (C=O) groups is 3. The van der Waals surface area contributed by atoms with Crippen LogP contribution in [-0.4, -0.2) is 33.7 Å². The first-order valence-corrected chi connectivity index (χ1v) is 12.3. The van der Waals surface area contributed by atoms with E-state index < -0.39 is 12.0 Å². The highest BCUT2D eigenvalue weighted by molar-refractivity contribution is 6.09. The highest BCUT2D eigenvalue weighted by Gasteiger charge is 2.68. The van der Waals surface area contributed by atoms with Crippen LogP contribution in [0.1, 0.15) is 12.0 Å². The molecule has 174 valence electrons. The summed E-state index contributed by atoms with van der Waals surface area (Å²) in [6.07, 6.45) is 7.24. The highest BCUT2D eigenvalue weighted by Crippen LogP contribution is 2.65. The second-order valence-corrected chi connectivity index (χ2v) is 10.2. The number of ether oxygens (including phenoxy) is 1. The summed E-state index contributed by atoms with van der Waals surface area (Å²) in [6.45, 7) is 0. The lowest BCUT2D eigenvalue weighted by Crippen LogP contribution is -2.48. The zero-order valence-corrected chi connectivity index (χ0v) is 19.0. The van der Waals surface area contributed by atoms with Crippen LogP contribution in [0.4, 0.5) is 0 Å². The number of pyridine rings is 1. The molecular formula is C29H24N2O4. The number of aromatic nitrogens is 1. The Morgan fingerprint density at radius 1 is 0.914 bits per heavy atom. The van der Waals surface area contributed by atoms with Gasteiger partial charge in [-0.05, 0) is 47.8 Å². The van der Waals surface area contributed by atoms with Crippen LogP contribution in [0, 0.1) is 35.5 Å². The molecule has 6 heteroatoms. The largest absolute Gasteiger partial charge is 0.423 e. The molecule has 0 unspecified atom stereocenters. The summed E-state index contributed by atoms with van der Waals surface area (Å²) < 4.78 is 5.86. The number of carbonyl (C=O) groups excluding carboxylic acids is 3. The van der Waals surface area contributed by atoms with Crippen molar-refractivity contribution in [3.05, 3.63) is 84.6 Å². The van der Waals surface area contributed by atoms with E-state index in [1.807, 2.05) is 48.5 Å². The minimum absolute atomic E-state index is 0.104. The molecule has 7 atom stereocenters. The molecule has 6 nitrogen and oxygen atoms in total. The monoisotopic (exact) mass is 464 g/mol. The van der Waals surface area contributed by atoms with E-state index in [1.165, 1.54) is 4.90 Å². The lowest BCUT2D eigenvalue weighted by Gasteiger charge is -2.37. The Labute approximate surface area is 202 Å². The van der Waals surface area contributed by atoms with Crippen molar-refractivity contribution in [2.75, 3.05) is 0 Å². The van der Waals surface area contributed by atoms with Crippen molar-refractivity contribution in [2.45, 2.75) is 18.9 Å². The van der Waals surface area contributed by atoms with Crippen molar-refractivity contribution in [1.82, 2.24) is 9.88 Å². The van der Waals surface area contributed by atoms with Crippen molar-refractivity contribution < 1.29 is 19.1 Å². The van der Waals surface area contributed by atoms with Crippen LogP contribution in [0.15, 0.2) is 79.0 Å². The summed E-state index contributed by atoms with van der Waals surface area (Å²) in [4.78, 5) is 46.8. The average Bonchev–Trinajstić information content (AvgIpc) is 3.67. The second-order valence-electron chi connectivity index (χ2n) is 10.2. The Bertz CT molecular complexity index is 1360. The first-order valence-electron chi connectivity index (χ1n) is 12.3. The van der Waals surface area contributed by atoms with Gasteiger partial charge in [-0.15, -0.1) is 0 Å². The minimum atomic E-state index is -1.03. The Kier molecular flexibility index (Phi) is 4.47. The predicted octanol–water partition coefficient (Wildman–Crippen LogP) is 3.80. The average molecular weight is 465 g/mol. The van der Waals surface area contributed by atoms with E-state index in [-0.39, 0.29) is 41.9 Å². The smallest absolute Gasteiger partial charge is 0.335 e. The second kappa shape index (κ2) is 7.60. The third kappa shape index (κ3) is 3.09. The fraction of sp³-hybridized carbons (Fsp3) is 0.310. The van der Waals surface area contributed by atoms with Crippen LogP contribution in [0.3, 0.4) is 0 Å². The SMILES string of the molecule is O=C(Oc1cccc2cccnc12)[C@H](Cc1ccccc1)N1C(=O)[C@@H]2[C@@H]3C=C[C@H]([C@H]4C[C@@H]34)[C@@H]2C1=O. The molecule has 4 aliphatic carbocycles. The van der Waals surface area contributed by atoms with E-state index in [0.717, 1.165) is 17.4 Å². The van der Waals surface area contributed by atoms with E-state index in [1.54, 1.807) is 18.3 Å². The van der Waals surface area contributed by atoms with E-state index in [9.17, 15) is 14.4 Å². The zero-order valence-electron chi connectivity index (χ0n) is 19.0. The van der Waals surface area contributed by atoms with Gasteiger partial charge in [0, 0.05) is 18.0 Å². The summed E-state index contributed by atoms with van der Waals surface area (Å²) >= 11 is 0. The molecule has 2 saturated carbocycles. The molecule has 0 radical (unpaired) electrons. The molecule has 3 aromatic rings. The van der Waals surface area contributed by atoms with Crippen LogP contribution >= 0.6 is 0 Å². The Balaban J connectivity index is 1.25. The number of amides is 2. The van der Waals surface area contributed by atoms with Gasteiger partial charge in [0.2, 0.25) is 11.8 Å². The number of likely N-dealkylation sites (tertiary alicyclic amines) is 1. The van der Waals surface area contributed by atoms with Gasteiger partial charge in [0.25, 0.3) is 0 Å². The van der Waals surface area contributed by atoms with Crippen molar-refractivity contribution in [2.24, 2.45) is 35.5 Å². The Morgan fingerprint density at radius 2 is 1.60 bits per heavy atom. The zero-order chi connectivity index (χ0) is 23.7. The van der Waals surface area contributed by atoms with Crippen LogP contribution in [0.5, 0.6) is 5.75 Å². The molecular weight excluding hydrogens is 440 g/mol. The maximum atomic E-state index is 13.8. The summed E-state index contributed by atoms with van der Waals surface area (Å²) in [5.74, 6) is -0.230. The topological polar surface area (TPSA) is 76.6 Å². The molecule has 5 aliphatic rings. The maximum absolute atomic E-state index is 13.8. The number of nitrogens with zero attached hydrogens (tertiary/aromatic N) is 2. The number of fused-ring (bicyclic) bond motifs is 1. The van der Waals surface area contributed by atoms with Crippen LogP contribution in [0.2, 0.25) is 0 Å². The van der Waals surface area contributed by atoms with Gasteiger partial charge in [-0.3, -0.25) is 19.5 Å². The lowest BCUT2D eigenvalue weighted by molar-refractivity contribution is -0.153. The van der Waals surface area contributed by atoms with Crippen molar-refractivity contribution in [3.63, 3.8) is 0 Å². The molecule has 35 heavy (non-hydrogen) atoms. The van der Waals surface area contributed by atoms with Crippen molar-refractivity contribution in [1.29, 1.82) is 0 Å². The van der Waals surface area contributed by atoms with E-state index in [2.05, 4.69) is 17.1 Å². The molecule has 3 fully saturated rings. The molecule has 1 aromatic heterocycles.